The second kappa shape index (κ2) is 7.88. The fourth-order valence-corrected chi connectivity index (χ4v) is 2.70. The first-order chi connectivity index (χ1) is 10.3. The number of likely N-dealkylation sites (tertiary alicyclic amines) is 1. The Bertz CT molecular complexity index is 447. The number of hydrogen-bond donors (Lipinski definition) is 1. The van der Waals surface area contributed by atoms with Gasteiger partial charge in [-0.3, -0.25) is 0 Å². The Morgan fingerprint density at radius 3 is 2.76 bits per heavy atom. The highest BCUT2D eigenvalue weighted by atomic mass is 16.5. The summed E-state index contributed by atoms with van der Waals surface area (Å²) < 4.78 is 10.2. The monoisotopic (exact) mass is 292 g/mol. The van der Waals surface area contributed by atoms with Crippen LogP contribution < -0.4 is 10.1 Å². The number of nitrogens with one attached hydrogen (secondary N) is 1. The molecule has 5 heteroatoms. The van der Waals surface area contributed by atoms with E-state index in [4.69, 9.17) is 9.47 Å². The van der Waals surface area contributed by atoms with Crippen LogP contribution in [0.5, 0.6) is 5.75 Å². The second-order valence-corrected chi connectivity index (χ2v) is 5.20. The minimum absolute atomic E-state index is 0.0180. The average Bonchev–Trinajstić information content (AvgIpc) is 3.01. The Labute approximate surface area is 126 Å². The van der Waals surface area contributed by atoms with Crippen LogP contribution >= 0.6 is 0 Å². The number of hydrogen-bond acceptors (Lipinski definition) is 3. The maximum atomic E-state index is 12.3. The molecule has 0 radical (unpaired) electrons. The van der Waals surface area contributed by atoms with Crippen LogP contribution in [0, 0.1) is 0 Å². The lowest BCUT2D eigenvalue weighted by Crippen LogP contribution is -2.40. The van der Waals surface area contributed by atoms with Crippen molar-refractivity contribution in [2.45, 2.75) is 25.3 Å². The largest absolute Gasteiger partial charge is 0.497 e. The summed E-state index contributed by atoms with van der Waals surface area (Å²) in [4.78, 5) is 14.2. The number of rotatable bonds is 6. The molecule has 1 N–H and O–H groups in total. The van der Waals surface area contributed by atoms with Gasteiger partial charge in [0.05, 0.1) is 13.2 Å². The smallest absolute Gasteiger partial charge is 0.317 e. The van der Waals surface area contributed by atoms with Crippen LogP contribution in [0.4, 0.5) is 4.79 Å². The Kier molecular flexibility index (Phi) is 5.87. The van der Waals surface area contributed by atoms with Gasteiger partial charge in [0.2, 0.25) is 0 Å². The molecule has 1 aromatic carbocycles. The number of methoxy groups -OCH3 is 2. The first-order valence-electron chi connectivity index (χ1n) is 7.43. The van der Waals surface area contributed by atoms with Gasteiger partial charge in [-0.05, 0) is 37.0 Å². The van der Waals surface area contributed by atoms with Crippen molar-refractivity contribution in [2.75, 3.05) is 33.9 Å². The Hall–Kier alpha value is -1.75. The molecule has 21 heavy (non-hydrogen) atoms. The van der Waals surface area contributed by atoms with Crippen LogP contribution in [0.2, 0.25) is 0 Å². The van der Waals surface area contributed by atoms with Crippen molar-refractivity contribution in [3.8, 4) is 5.75 Å². The molecule has 0 aromatic heterocycles. The normalized spacial score (nSPS) is 17.8. The molecule has 116 valence electrons. The zero-order chi connectivity index (χ0) is 15.1. The predicted molar refractivity (Wildman–Crippen MR) is 81.6 cm³/mol. The van der Waals surface area contributed by atoms with Crippen molar-refractivity contribution >= 4 is 6.03 Å². The van der Waals surface area contributed by atoms with Crippen molar-refractivity contribution < 1.29 is 14.3 Å². The molecule has 1 saturated heterocycles. The molecule has 1 heterocycles. The van der Waals surface area contributed by atoms with E-state index in [0.29, 0.717) is 13.2 Å². The SMILES string of the molecule is COCCCNC(=O)N1CCC[C@@H]1c1ccc(OC)cc1. The highest BCUT2D eigenvalue weighted by Crippen LogP contribution is 2.32. The maximum absolute atomic E-state index is 12.3. The van der Waals surface area contributed by atoms with Crippen LogP contribution in [0.15, 0.2) is 24.3 Å². The molecule has 5 nitrogen and oxygen atoms in total. The van der Waals surface area contributed by atoms with Crippen LogP contribution in [0.3, 0.4) is 0 Å². The molecule has 2 amide bonds. The van der Waals surface area contributed by atoms with E-state index in [1.165, 1.54) is 5.56 Å². The summed E-state index contributed by atoms with van der Waals surface area (Å²) in [6.45, 7) is 2.13. The van der Waals surface area contributed by atoms with Gasteiger partial charge in [0, 0.05) is 26.8 Å². The van der Waals surface area contributed by atoms with E-state index in [2.05, 4.69) is 5.32 Å². The Balaban J connectivity index is 1.93. The highest BCUT2D eigenvalue weighted by Gasteiger charge is 2.29. The third kappa shape index (κ3) is 4.11. The predicted octanol–water partition coefficient (Wildman–Crippen LogP) is 2.58. The van der Waals surface area contributed by atoms with Crippen molar-refractivity contribution in [1.29, 1.82) is 0 Å². The van der Waals surface area contributed by atoms with Crippen LogP contribution in [-0.4, -0.2) is 44.8 Å². The van der Waals surface area contributed by atoms with E-state index in [9.17, 15) is 4.79 Å². The zero-order valence-electron chi connectivity index (χ0n) is 12.8. The molecule has 1 aliphatic heterocycles. The lowest BCUT2D eigenvalue weighted by atomic mass is 10.0. The van der Waals surface area contributed by atoms with Crippen molar-refractivity contribution in [3.05, 3.63) is 29.8 Å². The molecule has 0 spiro atoms. The van der Waals surface area contributed by atoms with Gasteiger partial charge in [0.25, 0.3) is 0 Å². The molecule has 1 aromatic rings. The lowest BCUT2D eigenvalue weighted by molar-refractivity contribution is 0.182. The van der Waals surface area contributed by atoms with Gasteiger partial charge < -0.3 is 19.7 Å². The van der Waals surface area contributed by atoms with Gasteiger partial charge in [-0.25, -0.2) is 4.79 Å². The minimum Gasteiger partial charge on any atom is -0.497 e. The summed E-state index contributed by atoms with van der Waals surface area (Å²) in [5.41, 5.74) is 1.17. The van der Waals surface area contributed by atoms with E-state index in [1.54, 1.807) is 14.2 Å². The van der Waals surface area contributed by atoms with E-state index >= 15 is 0 Å². The topological polar surface area (TPSA) is 50.8 Å². The maximum Gasteiger partial charge on any atom is 0.317 e. The van der Waals surface area contributed by atoms with Gasteiger partial charge >= 0.3 is 6.03 Å². The first kappa shape index (κ1) is 15.6. The third-order valence-corrected chi connectivity index (χ3v) is 3.82. The third-order valence-electron chi connectivity index (χ3n) is 3.82. The molecule has 0 aliphatic carbocycles. The van der Waals surface area contributed by atoms with Gasteiger partial charge in [-0.1, -0.05) is 12.1 Å². The number of carbonyl (C=O) groups is 1. The number of carbonyl (C=O) groups excluding carboxylic acids is 1. The summed E-state index contributed by atoms with van der Waals surface area (Å²) in [5.74, 6) is 0.840. The van der Waals surface area contributed by atoms with E-state index in [-0.39, 0.29) is 12.1 Å². The van der Waals surface area contributed by atoms with E-state index in [1.807, 2.05) is 29.2 Å². The Morgan fingerprint density at radius 2 is 2.10 bits per heavy atom. The molecule has 1 aliphatic rings. The average molecular weight is 292 g/mol. The van der Waals surface area contributed by atoms with Gasteiger partial charge in [-0.2, -0.15) is 0 Å². The summed E-state index contributed by atoms with van der Waals surface area (Å²) in [5, 5.41) is 2.96. The molecule has 0 bridgehead atoms. The van der Waals surface area contributed by atoms with Crippen LogP contribution in [0.1, 0.15) is 30.9 Å². The minimum atomic E-state index is 0.0180. The van der Waals surface area contributed by atoms with E-state index in [0.717, 1.165) is 31.6 Å². The number of nitrogens with zero attached hydrogens (tertiary/aromatic N) is 1. The fraction of sp³-hybridized carbons (Fsp3) is 0.562. The molecular formula is C16H24N2O3. The molecule has 0 unspecified atom stereocenters. The number of amides is 2. The Morgan fingerprint density at radius 1 is 1.33 bits per heavy atom. The number of ether oxygens (including phenoxy) is 2. The van der Waals surface area contributed by atoms with Crippen LogP contribution in [0.25, 0.3) is 0 Å². The van der Waals surface area contributed by atoms with Gasteiger partial charge in [-0.15, -0.1) is 0 Å². The molecule has 1 atom stereocenters. The fourth-order valence-electron chi connectivity index (χ4n) is 2.70. The van der Waals surface area contributed by atoms with E-state index < -0.39 is 0 Å². The van der Waals surface area contributed by atoms with Gasteiger partial charge in [0.1, 0.15) is 5.75 Å². The quantitative estimate of drug-likeness (QED) is 0.820. The number of urea groups is 1. The molecular weight excluding hydrogens is 268 g/mol. The van der Waals surface area contributed by atoms with Crippen molar-refractivity contribution in [2.24, 2.45) is 0 Å². The van der Waals surface area contributed by atoms with Crippen LogP contribution in [-0.2, 0) is 4.74 Å². The molecule has 2 rings (SSSR count). The lowest BCUT2D eigenvalue weighted by Gasteiger charge is -2.25. The van der Waals surface area contributed by atoms with Crippen molar-refractivity contribution in [1.82, 2.24) is 10.2 Å². The number of benzene rings is 1. The summed E-state index contributed by atoms with van der Waals surface area (Å²) in [6, 6.07) is 8.16. The summed E-state index contributed by atoms with van der Waals surface area (Å²) >= 11 is 0. The summed E-state index contributed by atoms with van der Waals surface area (Å²) in [7, 11) is 3.33. The van der Waals surface area contributed by atoms with Crippen molar-refractivity contribution in [3.63, 3.8) is 0 Å². The summed E-state index contributed by atoms with van der Waals surface area (Å²) in [6.07, 6.45) is 2.89. The first-order valence-corrected chi connectivity index (χ1v) is 7.43. The second-order valence-electron chi connectivity index (χ2n) is 5.20. The van der Waals surface area contributed by atoms with Gasteiger partial charge in [0.15, 0.2) is 0 Å². The zero-order valence-corrected chi connectivity index (χ0v) is 12.8. The highest BCUT2D eigenvalue weighted by molar-refractivity contribution is 5.75. The standard InChI is InChI=1S/C16H24N2O3/c1-20-12-4-10-17-16(19)18-11-3-5-15(18)13-6-8-14(21-2)9-7-13/h6-9,15H,3-5,10-12H2,1-2H3,(H,17,19)/t15-/m1/s1. The molecule has 1 fully saturated rings. The molecule has 0 saturated carbocycles.